The van der Waals surface area contributed by atoms with Crippen molar-refractivity contribution in [3.63, 3.8) is 0 Å². The lowest BCUT2D eigenvalue weighted by Crippen LogP contribution is -2.51. The van der Waals surface area contributed by atoms with E-state index in [0.29, 0.717) is 17.5 Å². The molecule has 0 spiro atoms. The van der Waals surface area contributed by atoms with Crippen LogP contribution in [0.15, 0.2) is 0 Å². The lowest BCUT2D eigenvalue weighted by atomic mass is 9.86. The van der Waals surface area contributed by atoms with Crippen LogP contribution in [0.5, 0.6) is 0 Å². The van der Waals surface area contributed by atoms with Crippen LogP contribution in [-0.2, 0) is 4.74 Å². The third-order valence-corrected chi connectivity index (χ3v) is 4.35. The first kappa shape index (κ1) is 15.9. The van der Waals surface area contributed by atoms with Crippen LogP contribution in [0, 0.1) is 5.41 Å². The van der Waals surface area contributed by atoms with Crippen molar-refractivity contribution in [3.8, 4) is 0 Å². The minimum absolute atomic E-state index is 0.426. The summed E-state index contributed by atoms with van der Waals surface area (Å²) in [5.74, 6) is 0. The number of rotatable bonds is 8. The molecule has 0 aromatic rings. The van der Waals surface area contributed by atoms with Crippen LogP contribution < -0.4 is 5.32 Å². The molecule has 0 aliphatic heterocycles. The van der Waals surface area contributed by atoms with E-state index < -0.39 is 0 Å². The van der Waals surface area contributed by atoms with E-state index in [1.54, 1.807) is 7.11 Å². The van der Waals surface area contributed by atoms with Gasteiger partial charge in [-0.1, -0.05) is 20.8 Å². The number of methoxy groups -OCH3 is 1. The first-order chi connectivity index (χ1) is 8.53. The molecule has 3 nitrogen and oxygen atoms in total. The van der Waals surface area contributed by atoms with Crippen LogP contribution in [0.4, 0.5) is 0 Å². The molecule has 0 saturated heterocycles. The first-order valence-corrected chi connectivity index (χ1v) is 7.45. The Morgan fingerprint density at radius 1 is 1.39 bits per heavy atom. The zero-order chi connectivity index (χ0) is 13.6. The minimum Gasteiger partial charge on any atom is -0.385 e. The molecule has 1 saturated carbocycles. The van der Waals surface area contributed by atoms with Crippen molar-refractivity contribution in [3.05, 3.63) is 0 Å². The van der Waals surface area contributed by atoms with Gasteiger partial charge in [-0.3, -0.25) is 0 Å². The fourth-order valence-corrected chi connectivity index (χ4v) is 3.17. The number of likely N-dealkylation sites (N-methyl/N-ethyl adjacent to an activating group) is 1. The second-order valence-electron chi connectivity index (χ2n) is 6.35. The van der Waals surface area contributed by atoms with Crippen molar-refractivity contribution in [2.45, 2.75) is 58.5 Å². The summed E-state index contributed by atoms with van der Waals surface area (Å²) >= 11 is 0. The van der Waals surface area contributed by atoms with Crippen molar-refractivity contribution in [2.24, 2.45) is 5.41 Å². The van der Waals surface area contributed by atoms with Crippen molar-refractivity contribution in [1.82, 2.24) is 10.2 Å². The molecule has 1 rings (SSSR count). The number of hydrogen-bond acceptors (Lipinski definition) is 3. The number of hydrogen-bond donors (Lipinski definition) is 1. The highest BCUT2D eigenvalue weighted by atomic mass is 16.5. The molecule has 0 heterocycles. The Bertz CT molecular complexity index is 231. The van der Waals surface area contributed by atoms with Crippen LogP contribution in [0.2, 0.25) is 0 Å². The molecule has 108 valence electrons. The van der Waals surface area contributed by atoms with Gasteiger partial charge >= 0.3 is 0 Å². The standard InChI is InChI=1S/C15H32N2O/c1-6-10-16-14-13(8-9-15(14,2)3)17(4)11-7-12-18-5/h13-14,16H,6-12H2,1-5H3. The Morgan fingerprint density at radius 3 is 2.72 bits per heavy atom. The SMILES string of the molecule is CCCNC1C(N(C)CCCOC)CCC1(C)C. The lowest BCUT2D eigenvalue weighted by molar-refractivity contribution is 0.143. The smallest absolute Gasteiger partial charge is 0.0474 e. The van der Waals surface area contributed by atoms with Crippen LogP contribution in [-0.4, -0.2) is 50.8 Å². The maximum atomic E-state index is 5.15. The van der Waals surface area contributed by atoms with E-state index in [0.717, 1.165) is 26.1 Å². The van der Waals surface area contributed by atoms with Crippen molar-refractivity contribution < 1.29 is 4.74 Å². The van der Waals surface area contributed by atoms with Gasteiger partial charge in [0, 0.05) is 32.3 Å². The fourth-order valence-electron chi connectivity index (χ4n) is 3.17. The molecule has 18 heavy (non-hydrogen) atoms. The highest BCUT2D eigenvalue weighted by molar-refractivity contribution is 5.00. The third-order valence-electron chi connectivity index (χ3n) is 4.35. The van der Waals surface area contributed by atoms with Gasteiger partial charge in [0.15, 0.2) is 0 Å². The normalized spacial score (nSPS) is 27.0. The van der Waals surface area contributed by atoms with Crippen LogP contribution in [0.3, 0.4) is 0 Å². The molecule has 0 bridgehead atoms. The van der Waals surface area contributed by atoms with E-state index in [1.165, 1.54) is 19.3 Å². The summed E-state index contributed by atoms with van der Waals surface area (Å²) in [4.78, 5) is 2.53. The maximum absolute atomic E-state index is 5.15. The van der Waals surface area contributed by atoms with Crippen LogP contribution >= 0.6 is 0 Å². The summed E-state index contributed by atoms with van der Waals surface area (Å²) in [6, 6.07) is 1.31. The Hall–Kier alpha value is -0.120. The predicted octanol–water partition coefficient (Wildman–Crippen LogP) is 2.51. The Balaban J connectivity index is 2.51. The van der Waals surface area contributed by atoms with Gasteiger partial charge in [-0.15, -0.1) is 0 Å². The van der Waals surface area contributed by atoms with E-state index in [2.05, 4.69) is 38.0 Å². The van der Waals surface area contributed by atoms with Crippen molar-refractivity contribution >= 4 is 0 Å². The highest BCUT2D eigenvalue weighted by Gasteiger charge is 2.42. The molecular weight excluding hydrogens is 224 g/mol. The Kier molecular flexibility index (Phi) is 6.61. The predicted molar refractivity (Wildman–Crippen MR) is 78.0 cm³/mol. The zero-order valence-electron chi connectivity index (χ0n) is 13.0. The van der Waals surface area contributed by atoms with Gasteiger partial charge in [0.2, 0.25) is 0 Å². The quantitative estimate of drug-likeness (QED) is 0.675. The molecule has 2 atom stereocenters. The zero-order valence-corrected chi connectivity index (χ0v) is 13.0. The molecule has 0 amide bonds. The second-order valence-corrected chi connectivity index (χ2v) is 6.35. The van der Waals surface area contributed by atoms with E-state index >= 15 is 0 Å². The average molecular weight is 256 g/mol. The number of nitrogens with one attached hydrogen (secondary N) is 1. The summed E-state index contributed by atoms with van der Waals surface area (Å²) < 4.78 is 5.15. The van der Waals surface area contributed by atoms with E-state index in [9.17, 15) is 0 Å². The maximum Gasteiger partial charge on any atom is 0.0474 e. The molecule has 0 aromatic heterocycles. The van der Waals surface area contributed by atoms with Crippen molar-refractivity contribution in [1.29, 1.82) is 0 Å². The summed E-state index contributed by atoms with van der Waals surface area (Å²) in [5, 5.41) is 3.77. The molecule has 2 unspecified atom stereocenters. The van der Waals surface area contributed by atoms with Gasteiger partial charge in [0.25, 0.3) is 0 Å². The molecule has 1 aliphatic rings. The molecule has 0 radical (unpaired) electrons. The first-order valence-electron chi connectivity index (χ1n) is 7.45. The second kappa shape index (κ2) is 7.46. The van der Waals surface area contributed by atoms with Crippen LogP contribution in [0.25, 0.3) is 0 Å². The average Bonchev–Trinajstić information content (AvgIpc) is 2.62. The monoisotopic (exact) mass is 256 g/mol. The molecule has 3 heteroatoms. The summed E-state index contributed by atoms with van der Waals surface area (Å²) in [6.45, 7) is 10.2. The van der Waals surface area contributed by atoms with E-state index in [1.807, 2.05) is 0 Å². The largest absolute Gasteiger partial charge is 0.385 e. The number of nitrogens with zero attached hydrogens (tertiary/aromatic N) is 1. The van der Waals surface area contributed by atoms with Gasteiger partial charge in [-0.25, -0.2) is 0 Å². The minimum atomic E-state index is 0.426. The molecule has 0 aromatic carbocycles. The Labute approximate surface area is 113 Å². The van der Waals surface area contributed by atoms with Crippen LogP contribution in [0.1, 0.15) is 46.5 Å². The highest BCUT2D eigenvalue weighted by Crippen LogP contribution is 2.39. The van der Waals surface area contributed by atoms with E-state index in [4.69, 9.17) is 4.74 Å². The summed E-state index contributed by atoms with van der Waals surface area (Å²) in [5.41, 5.74) is 0.426. The van der Waals surface area contributed by atoms with Gasteiger partial charge in [0.1, 0.15) is 0 Å². The fraction of sp³-hybridized carbons (Fsp3) is 1.00. The third kappa shape index (κ3) is 4.22. The molecule has 1 aliphatic carbocycles. The van der Waals surface area contributed by atoms with Crippen molar-refractivity contribution in [2.75, 3.05) is 33.9 Å². The number of ether oxygens (including phenoxy) is 1. The Morgan fingerprint density at radius 2 is 2.11 bits per heavy atom. The molecule has 1 fully saturated rings. The van der Waals surface area contributed by atoms with Gasteiger partial charge in [-0.05, 0) is 44.7 Å². The lowest BCUT2D eigenvalue weighted by Gasteiger charge is -2.36. The van der Waals surface area contributed by atoms with Gasteiger partial charge < -0.3 is 15.0 Å². The summed E-state index contributed by atoms with van der Waals surface area (Å²) in [7, 11) is 4.05. The van der Waals surface area contributed by atoms with Gasteiger partial charge in [0.05, 0.1) is 0 Å². The molecular formula is C15H32N2O. The topological polar surface area (TPSA) is 24.5 Å². The van der Waals surface area contributed by atoms with E-state index in [-0.39, 0.29) is 0 Å². The summed E-state index contributed by atoms with van der Waals surface area (Å²) in [6.07, 6.45) is 4.99. The van der Waals surface area contributed by atoms with Gasteiger partial charge in [-0.2, -0.15) is 0 Å². The molecule has 1 N–H and O–H groups in total.